The van der Waals surface area contributed by atoms with E-state index in [1.54, 1.807) is 0 Å². The fourth-order valence-electron chi connectivity index (χ4n) is 2.98. The van der Waals surface area contributed by atoms with Crippen molar-refractivity contribution in [3.05, 3.63) is 36.5 Å². The molecule has 3 heterocycles. The summed E-state index contributed by atoms with van der Waals surface area (Å²) in [7, 11) is 0. The van der Waals surface area contributed by atoms with E-state index < -0.39 is 0 Å². The highest BCUT2D eigenvalue weighted by Crippen LogP contribution is 2.39. The molecule has 1 saturated carbocycles. The number of anilines is 3. The number of nitrogens with zero attached hydrogens (tertiary/aromatic N) is 1. The molecule has 0 amide bonds. The lowest BCUT2D eigenvalue weighted by Crippen LogP contribution is -2.16. The molecule has 6 nitrogen and oxygen atoms in total. The molecule has 2 aromatic heterocycles. The first kappa shape index (κ1) is 13.5. The first-order chi connectivity index (χ1) is 11.9. The van der Waals surface area contributed by atoms with Gasteiger partial charge in [-0.2, -0.15) is 0 Å². The van der Waals surface area contributed by atoms with Gasteiger partial charge < -0.3 is 25.1 Å². The van der Waals surface area contributed by atoms with E-state index in [-0.39, 0.29) is 0 Å². The van der Waals surface area contributed by atoms with Crippen LogP contribution in [0.15, 0.2) is 36.5 Å². The van der Waals surface area contributed by atoms with Crippen LogP contribution in [-0.2, 0) is 0 Å². The summed E-state index contributed by atoms with van der Waals surface area (Å²) in [5, 5.41) is 8.06. The molecule has 6 heteroatoms. The lowest BCUT2D eigenvalue weighted by molar-refractivity contribution is 0.172. The highest BCUT2D eigenvalue weighted by Gasteiger charge is 2.22. The number of ether oxygens (including phenoxy) is 2. The van der Waals surface area contributed by atoms with E-state index in [1.165, 1.54) is 12.8 Å². The van der Waals surface area contributed by atoms with Crippen molar-refractivity contribution >= 4 is 28.2 Å². The van der Waals surface area contributed by atoms with Gasteiger partial charge in [-0.1, -0.05) is 6.07 Å². The van der Waals surface area contributed by atoms with Crippen molar-refractivity contribution < 1.29 is 9.47 Å². The summed E-state index contributed by atoms with van der Waals surface area (Å²) in [6, 6.07) is 10.5. The van der Waals surface area contributed by atoms with Crippen molar-refractivity contribution in [1.82, 2.24) is 9.97 Å². The highest BCUT2D eigenvalue weighted by atomic mass is 16.6. The number of H-pyrrole nitrogens is 1. The largest absolute Gasteiger partial charge is 0.486 e. The Labute approximate surface area is 139 Å². The molecule has 0 atom stereocenters. The van der Waals surface area contributed by atoms with Crippen LogP contribution in [0.2, 0.25) is 0 Å². The van der Waals surface area contributed by atoms with Crippen LogP contribution in [-0.4, -0.2) is 29.2 Å². The number of rotatable bonds is 4. The monoisotopic (exact) mass is 322 g/mol. The maximum Gasteiger partial charge on any atom is 0.184 e. The molecule has 1 aliphatic heterocycles. The summed E-state index contributed by atoms with van der Waals surface area (Å²) in [6.45, 7) is 1.14. The van der Waals surface area contributed by atoms with E-state index in [2.05, 4.69) is 32.7 Å². The topological polar surface area (TPSA) is 71.2 Å². The smallest absolute Gasteiger partial charge is 0.184 e. The summed E-state index contributed by atoms with van der Waals surface area (Å²) in [5.74, 6) is 2.29. The Morgan fingerprint density at radius 3 is 2.92 bits per heavy atom. The molecule has 1 aliphatic carbocycles. The quantitative estimate of drug-likeness (QED) is 0.684. The standard InChI is InChI=1S/C18H18N4O2/c1-2-13(17-15(3-1)23-8-9-24-17)21-16-10-14(20-11-4-5-11)12-6-7-19-18(12)22-16/h1-3,6-7,10-11H,4-5,8-9H2,(H3,19,20,21,22). The molecule has 1 aromatic carbocycles. The molecular formula is C18H18N4O2. The van der Waals surface area contributed by atoms with Gasteiger partial charge in [-0.05, 0) is 31.0 Å². The van der Waals surface area contributed by atoms with Crippen LogP contribution >= 0.6 is 0 Å². The van der Waals surface area contributed by atoms with Crippen LogP contribution in [0.4, 0.5) is 17.2 Å². The van der Waals surface area contributed by atoms with Gasteiger partial charge in [0.1, 0.15) is 24.7 Å². The summed E-state index contributed by atoms with van der Waals surface area (Å²) < 4.78 is 11.4. The van der Waals surface area contributed by atoms with E-state index in [0.29, 0.717) is 19.3 Å². The number of hydrogen-bond donors (Lipinski definition) is 3. The Kier molecular flexibility index (Phi) is 3.01. The van der Waals surface area contributed by atoms with E-state index in [9.17, 15) is 0 Å². The minimum Gasteiger partial charge on any atom is -0.486 e. The van der Waals surface area contributed by atoms with Crippen LogP contribution in [0.25, 0.3) is 11.0 Å². The first-order valence-corrected chi connectivity index (χ1v) is 8.27. The molecule has 0 bridgehead atoms. The van der Waals surface area contributed by atoms with Crippen LogP contribution in [0.3, 0.4) is 0 Å². The lowest BCUT2D eigenvalue weighted by atomic mass is 10.2. The number of benzene rings is 1. The Bertz CT molecular complexity index is 901. The second-order valence-electron chi connectivity index (χ2n) is 6.17. The number of pyridine rings is 1. The predicted molar refractivity (Wildman–Crippen MR) is 93.5 cm³/mol. The molecule has 24 heavy (non-hydrogen) atoms. The first-order valence-electron chi connectivity index (χ1n) is 8.27. The van der Waals surface area contributed by atoms with Gasteiger partial charge in [0.05, 0.1) is 5.69 Å². The van der Waals surface area contributed by atoms with Crippen molar-refractivity contribution in [2.75, 3.05) is 23.8 Å². The highest BCUT2D eigenvalue weighted by molar-refractivity contribution is 5.92. The van der Waals surface area contributed by atoms with Crippen LogP contribution in [0, 0.1) is 0 Å². The Hall–Kier alpha value is -2.89. The molecule has 0 unspecified atom stereocenters. The maximum absolute atomic E-state index is 5.77. The zero-order chi connectivity index (χ0) is 15.9. The molecule has 0 spiro atoms. The second kappa shape index (κ2) is 5.33. The zero-order valence-corrected chi connectivity index (χ0v) is 13.1. The predicted octanol–water partition coefficient (Wildman–Crippen LogP) is 3.65. The van der Waals surface area contributed by atoms with Crippen molar-refractivity contribution in [2.24, 2.45) is 0 Å². The van der Waals surface area contributed by atoms with Gasteiger partial charge >= 0.3 is 0 Å². The number of fused-ring (bicyclic) bond motifs is 2. The Morgan fingerprint density at radius 2 is 2.00 bits per heavy atom. The van der Waals surface area contributed by atoms with Crippen molar-refractivity contribution in [2.45, 2.75) is 18.9 Å². The van der Waals surface area contributed by atoms with Crippen molar-refractivity contribution in [1.29, 1.82) is 0 Å². The lowest BCUT2D eigenvalue weighted by Gasteiger charge is -2.21. The second-order valence-corrected chi connectivity index (χ2v) is 6.17. The van der Waals surface area contributed by atoms with Gasteiger partial charge in [0.25, 0.3) is 0 Å². The van der Waals surface area contributed by atoms with Gasteiger partial charge in [0.15, 0.2) is 11.5 Å². The summed E-state index contributed by atoms with van der Waals surface area (Å²) in [6.07, 6.45) is 4.38. The summed E-state index contributed by atoms with van der Waals surface area (Å²) in [4.78, 5) is 7.86. The molecular weight excluding hydrogens is 304 g/mol. The molecule has 122 valence electrons. The number of para-hydroxylation sites is 1. The maximum atomic E-state index is 5.77. The van der Waals surface area contributed by atoms with Crippen molar-refractivity contribution in [3.8, 4) is 11.5 Å². The van der Waals surface area contributed by atoms with E-state index >= 15 is 0 Å². The van der Waals surface area contributed by atoms with Gasteiger partial charge in [-0.3, -0.25) is 0 Å². The van der Waals surface area contributed by atoms with Gasteiger partial charge in [0, 0.05) is 29.4 Å². The average molecular weight is 322 g/mol. The third kappa shape index (κ3) is 2.40. The number of nitrogens with one attached hydrogen (secondary N) is 3. The third-order valence-electron chi connectivity index (χ3n) is 4.29. The molecule has 5 rings (SSSR count). The molecule has 1 fully saturated rings. The SMILES string of the molecule is c1cc(Nc2cc(NC3CC3)c3cc[nH]c3n2)c2c(c1)OCCO2. The van der Waals surface area contributed by atoms with E-state index in [4.69, 9.17) is 9.47 Å². The van der Waals surface area contributed by atoms with E-state index in [0.717, 1.165) is 39.7 Å². The fraction of sp³-hybridized carbons (Fsp3) is 0.278. The molecule has 0 saturated heterocycles. The average Bonchev–Trinajstić information content (AvgIpc) is 3.29. The summed E-state index contributed by atoms with van der Waals surface area (Å²) >= 11 is 0. The number of aromatic amines is 1. The van der Waals surface area contributed by atoms with Crippen LogP contribution < -0.4 is 20.1 Å². The Balaban J connectivity index is 1.53. The Morgan fingerprint density at radius 1 is 1.08 bits per heavy atom. The zero-order valence-electron chi connectivity index (χ0n) is 13.1. The van der Waals surface area contributed by atoms with Gasteiger partial charge in [0.2, 0.25) is 0 Å². The summed E-state index contributed by atoms with van der Waals surface area (Å²) in [5.41, 5.74) is 2.83. The number of hydrogen-bond acceptors (Lipinski definition) is 5. The van der Waals surface area contributed by atoms with Gasteiger partial charge in [-0.25, -0.2) is 4.98 Å². The van der Waals surface area contributed by atoms with Crippen molar-refractivity contribution in [3.63, 3.8) is 0 Å². The molecule has 3 N–H and O–H groups in total. The molecule has 3 aromatic rings. The molecule has 0 radical (unpaired) electrons. The third-order valence-corrected chi connectivity index (χ3v) is 4.29. The number of aromatic nitrogens is 2. The minimum absolute atomic E-state index is 0.559. The molecule has 2 aliphatic rings. The van der Waals surface area contributed by atoms with Gasteiger partial charge in [-0.15, -0.1) is 0 Å². The minimum atomic E-state index is 0.559. The van der Waals surface area contributed by atoms with E-state index in [1.807, 2.05) is 24.4 Å². The van der Waals surface area contributed by atoms with Crippen LogP contribution in [0.1, 0.15) is 12.8 Å². The normalized spacial score (nSPS) is 16.2. The van der Waals surface area contributed by atoms with Crippen LogP contribution in [0.5, 0.6) is 11.5 Å². The fourth-order valence-corrected chi connectivity index (χ4v) is 2.98.